The number of hydrogen-bond acceptors (Lipinski definition) is 1. The Bertz CT molecular complexity index is 910. The molecule has 20 heavy (non-hydrogen) atoms. The van der Waals surface area contributed by atoms with Crippen LogP contribution in [0.5, 0.6) is 0 Å². The number of hydrogen-bond donors (Lipinski definition) is 0. The van der Waals surface area contributed by atoms with E-state index >= 15 is 0 Å². The second kappa shape index (κ2) is 4.36. The summed E-state index contributed by atoms with van der Waals surface area (Å²) >= 11 is 6.35. The average Bonchev–Trinajstić information content (AvgIpc) is 2.88. The number of nitrogens with zero attached hydrogens (tertiary/aromatic N) is 2. The van der Waals surface area contributed by atoms with Gasteiger partial charge in [-0.2, -0.15) is 0 Å². The van der Waals surface area contributed by atoms with Gasteiger partial charge in [0, 0.05) is 17.1 Å². The van der Waals surface area contributed by atoms with E-state index in [4.69, 9.17) is 11.6 Å². The highest BCUT2D eigenvalue weighted by molar-refractivity contribution is 6.33. The van der Waals surface area contributed by atoms with Crippen LogP contribution in [0.15, 0.2) is 66.9 Å². The van der Waals surface area contributed by atoms with Gasteiger partial charge >= 0.3 is 0 Å². The molecule has 0 unspecified atom stereocenters. The van der Waals surface area contributed by atoms with Gasteiger partial charge in [0.1, 0.15) is 0 Å². The maximum absolute atomic E-state index is 6.35. The lowest BCUT2D eigenvalue weighted by Gasteiger charge is -2.05. The fourth-order valence-electron chi connectivity index (χ4n) is 2.54. The molecule has 2 aromatic heterocycles. The molecular formula is C17H11ClN2. The van der Waals surface area contributed by atoms with Crippen LogP contribution >= 0.6 is 11.6 Å². The van der Waals surface area contributed by atoms with E-state index < -0.39 is 0 Å². The molecule has 0 fully saturated rings. The van der Waals surface area contributed by atoms with Crippen LogP contribution in [-0.4, -0.2) is 9.38 Å². The van der Waals surface area contributed by atoms with Gasteiger partial charge in [0.2, 0.25) is 0 Å². The van der Waals surface area contributed by atoms with Crippen molar-refractivity contribution in [3.05, 3.63) is 72.0 Å². The highest BCUT2D eigenvalue weighted by Gasteiger charge is 2.09. The Balaban J connectivity index is 2.08. The van der Waals surface area contributed by atoms with Crippen molar-refractivity contribution in [2.24, 2.45) is 0 Å². The molecule has 0 spiro atoms. The third-order valence-corrected chi connectivity index (χ3v) is 3.78. The van der Waals surface area contributed by atoms with Crippen LogP contribution in [0.2, 0.25) is 5.15 Å². The highest BCUT2D eigenvalue weighted by atomic mass is 35.5. The van der Waals surface area contributed by atoms with Crippen LogP contribution in [0.3, 0.4) is 0 Å². The van der Waals surface area contributed by atoms with Crippen molar-refractivity contribution in [2.45, 2.75) is 0 Å². The second-order valence-electron chi connectivity index (χ2n) is 4.74. The SMILES string of the molecule is Clc1nc(-c2ccccc2)cn2c1cc1ccccc12. The van der Waals surface area contributed by atoms with Crippen molar-refractivity contribution in [1.82, 2.24) is 9.38 Å². The minimum absolute atomic E-state index is 0.530. The second-order valence-corrected chi connectivity index (χ2v) is 5.10. The lowest BCUT2D eigenvalue weighted by Crippen LogP contribution is -1.92. The van der Waals surface area contributed by atoms with Crippen LogP contribution < -0.4 is 0 Å². The molecule has 0 amide bonds. The van der Waals surface area contributed by atoms with E-state index in [1.54, 1.807) is 0 Å². The summed E-state index contributed by atoms with van der Waals surface area (Å²) in [5.41, 5.74) is 4.02. The Labute approximate surface area is 121 Å². The van der Waals surface area contributed by atoms with Crippen LogP contribution in [0, 0.1) is 0 Å². The van der Waals surface area contributed by atoms with Gasteiger partial charge in [-0.1, -0.05) is 60.1 Å². The molecule has 4 aromatic rings. The molecule has 0 aliphatic carbocycles. The maximum Gasteiger partial charge on any atom is 0.153 e. The molecule has 0 atom stereocenters. The van der Waals surface area contributed by atoms with Gasteiger partial charge in [-0.05, 0) is 12.1 Å². The van der Waals surface area contributed by atoms with Crippen LogP contribution in [0.4, 0.5) is 0 Å². The summed E-state index contributed by atoms with van der Waals surface area (Å²) in [4.78, 5) is 4.51. The summed E-state index contributed by atoms with van der Waals surface area (Å²) < 4.78 is 2.10. The molecule has 96 valence electrons. The third-order valence-electron chi connectivity index (χ3n) is 3.50. The zero-order valence-electron chi connectivity index (χ0n) is 10.6. The van der Waals surface area contributed by atoms with E-state index in [1.807, 2.05) is 48.7 Å². The Morgan fingerprint density at radius 1 is 0.850 bits per heavy atom. The van der Waals surface area contributed by atoms with Crippen molar-refractivity contribution in [2.75, 3.05) is 0 Å². The van der Waals surface area contributed by atoms with E-state index in [-0.39, 0.29) is 0 Å². The number of halogens is 1. The first-order chi connectivity index (χ1) is 9.83. The first kappa shape index (κ1) is 11.5. The molecule has 0 radical (unpaired) electrons. The molecule has 2 aromatic carbocycles. The number of benzene rings is 2. The number of aromatic nitrogens is 2. The predicted molar refractivity (Wildman–Crippen MR) is 83.1 cm³/mol. The van der Waals surface area contributed by atoms with Crippen molar-refractivity contribution < 1.29 is 0 Å². The van der Waals surface area contributed by atoms with Crippen molar-refractivity contribution >= 4 is 28.0 Å². The van der Waals surface area contributed by atoms with Crippen molar-refractivity contribution in [1.29, 1.82) is 0 Å². The van der Waals surface area contributed by atoms with E-state index in [0.29, 0.717) is 5.15 Å². The van der Waals surface area contributed by atoms with Gasteiger partial charge < -0.3 is 4.40 Å². The van der Waals surface area contributed by atoms with E-state index in [9.17, 15) is 0 Å². The summed E-state index contributed by atoms with van der Waals surface area (Å²) in [5, 5.41) is 1.70. The number of fused-ring (bicyclic) bond motifs is 3. The number of rotatable bonds is 1. The van der Waals surface area contributed by atoms with E-state index in [2.05, 4.69) is 27.6 Å². The van der Waals surface area contributed by atoms with Gasteiger partial charge in [-0.3, -0.25) is 0 Å². The first-order valence-corrected chi connectivity index (χ1v) is 6.82. The molecular weight excluding hydrogens is 268 g/mol. The predicted octanol–water partition coefficient (Wildman–Crippen LogP) is 4.81. The highest BCUT2D eigenvalue weighted by Crippen LogP contribution is 2.28. The van der Waals surface area contributed by atoms with Gasteiger partial charge in [-0.25, -0.2) is 4.98 Å². The molecule has 0 saturated heterocycles. The molecule has 2 nitrogen and oxygen atoms in total. The van der Waals surface area contributed by atoms with Gasteiger partial charge in [0.15, 0.2) is 5.15 Å². The lowest BCUT2D eigenvalue weighted by molar-refractivity contribution is 1.18. The summed E-state index contributed by atoms with van der Waals surface area (Å²) in [6.45, 7) is 0. The van der Waals surface area contributed by atoms with Gasteiger partial charge in [0.25, 0.3) is 0 Å². The zero-order valence-corrected chi connectivity index (χ0v) is 11.4. The Kier molecular flexibility index (Phi) is 2.51. The monoisotopic (exact) mass is 278 g/mol. The molecule has 3 heteroatoms. The fourth-order valence-corrected chi connectivity index (χ4v) is 2.77. The van der Waals surface area contributed by atoms with Gasteiger partial charge in [0.05, 0.1) is 16.7 Å². The molecule has 0 saturated carbocycles. The zero-order chi connectivity index (χ0) is 13.5. The molecule has 4 rings (SSSR count). The summed E-state index contributed by atoms with van der Waals surface area (Å²) in [6, 6.07) is 20.4. The quantitative estimate of drug-likeness (QED) is 0.488. The summed E-state index contributed by atoms with van der Waals surface area (Å²) in [5.74, 6) is 0. The van der Waals surface area contributed by atoms with Crippen LogP contribution in [-0.2, 0) is 0 Å². The largest absolute Gasteiger partial charge is 0.312 e. The molecule has 0 bridgehead atoms. The maximum atomic E-state index is 6.35. The lowest BCUT2D eigenvalue weighted by atomic mass is 10.2. The Morgan fingerprint density at radius 3 is 2.45 bits per heavy atom. The van der Waals surface area contributed by atoms with E-state index in [1.165, 1.54) is 5.39 Å². The molecule has 2 heterocycles. The first-order valence-electron chi connectivity index (χ1n) is 6.45. The summed E-state index contributed by atoms with van der Waals surface area (Å²) in [7, 11) is 0. The van der Waals surface area contributed by atoms with Crippen molar-refractivity contribution in [3.63, 3.8) is 0 Å². The third kappa shape index (κ3) is 1.69. The van der Waals surface area contributed by atoms with Gasteiger partial charge in [-0.15, -0.1) is 0 Å². The Hall–Kier alpha value is -2.32. The molecule has 0 aliphatic heterocycles. The average molecular weight is 279 g/mol. The topological polar surface area (TPSA) is 17.3 Å². The summed E-state index contributed by atoms with van der Waals surface area (Å²) in [6.07, 6.45) is 2.04. The normalized spacial score (nSPS) is 11.2. The minimum atomic E-state index is 0.530. The van der Waals surface area contributed by atoms with Crippen LogP contribution in [0.1, 0.15) is 0 Å². The van der Waals surface area contributed by atoms with Crippen LogP contribution in [0.25, 0.3) is 27.7 Å². The molecule has 0 N–H and O–H groups in total. The minimum Gasteiger partial charge on any atom is -0.312 e. The smallest absolute Gasteiger partial charge is 0.153 e. The fraction of sp³-hybridized carbons (Fsp3) is 0. The standard InChI is InChI=1S/C17H11ClN2/c18-17-16-10-13-8-4-5-9-15(13)20(16)11-14(19-17)12-6-2-1-3-7-12/h1-11H. The number of para-hydroxylation sites is 1. The molecule has 0 aliphatic rings. The Morgan fingerprint density at radius 2 is 1.60 bits per heavy atom. The van der Waals surface area contributed by atoms with Crippen molar-refractivity contribution in [3.8, 4) is 11.3 Å². The van der Waals surface area contributed by atoms with E-state index in [0.717, 1.165) is 22.3 Å².